The largest absolute Gasteiger partial charge is 0.492 e. The summed E-state index contributed by atoms with van der Waals surface area (Å²) in [6.07, 6.45) is 0. The summed E-state index contributed by atoms with van der Waals surface area (Å²) in [7, 11) is 0. The van der Waals surface area contributed by atoms with Crippen molar-refractivity contribution < 1.29 is 9.53 Å². The number of rotatable bonds is 2. The number of aromatic nitrogens is 2. The number of thioether (sulfide) groups is 1. The second-order valence-electron chi connectivity index (χ2n) is 6.03. The van der Waals surface area contributed by atoms with Crippen molar-refractivity contribution in [2.75, 3.05) is 17.7 Å². The number of anilines is 1. The molecule has 1 unspecified atom stereocenters. The lowest BCUT2D eigenvalue weighted by atomic mass is 9.96. The van der Waals surface area contributed by atoms with Crippen LogP contribution < -0.4 is 10.1 Å². The number of aryl methyl sites for hydroxylation is 2. The maximum atomic E-state index is 12.7. The zero-order valence-electron chi connectivity index (χ0n) is 13.4. The molecule has 0 spiro atoms. The molecule has 2 aromatic rings. The van der Waals surface area contributed by atoms with Gasteiger partial charge in [0.2, 0.25) is 5.91 Å². The topological polar surface area (TPSA) is 79.9 Å². The fraction of sp³-hybridized carbons (Fsp3) is 0.353. The van der Waals surface area contributed by atoms with Gasteiger partial charge in [-0.25, -0.2) is 4.98 Å². The van der Waals surface area contributed by atoms with Crippen molar-refractivity contribution in [3.05, 3.63) is 34.5 Å². The van der Waals surface area contributed by atoms with Gasteiger partial charge in [-0.1, -0.05) is 17.8 Å². The van der Waals surface area contributed by atoms with Crippen LogP contribution in [0.25, 0.3) is 0 Å². The molecule has 4 rings (SSSR count). The highest BCUT2D eigenvalue weighted by molar-refractivity contribution is 7.99. The number of hydrogen-bond acceptors (Lipinski definition) is 5. The number of nitrogens with one attached hydrogen (secondary N) is 1. The molecule has 1 atom stereocenters. The molecule has 122 valence electrons. The first-order valence-corrected chi connectivity index (χ1v) is 8.75. The van der Waals surface area contributed by atoms with Gasteiger partial charge in [0.15, 0.2) is 16.7 Å². The van der Waals surface area contributed by atoms with Gasteiger partial charge < -0.3 is 14.6 Å². The molecular formula is C17H16N4O2S. The molecule has 7 heteroatoms. The van der Waals surface area contributed by atoms with Crippen LogP contribution in [0.4, 0.5) is 5.82 Å². The number of fused-ring (bicyclic) bond motifs is 2. The van der Waals surface area contributed by atoms with Crippen LogP contribution in [-0.4, -0.2) is 27.8 Å². The van der Waals surface area contributed by atoms with E-state index in [-0.39, 0.29) is 11.8 Å². The van der Waals surface area contributed by atoms with Gasteiger partial charge in [0, 0.05) is 17.9 Å². The van der Waals surface area contributed by atoms with Crippen molar-refractivity contribution in [3.8, 4) is 11.8 Å². The van der Waals surface area contributed by atoms with Crippen LogP contribution in [0.5, 0.6) is 5.75 Å². The summed E-state index contributed by atoms with van der Waals surface area (Å²) in [6, 6.07) is 6.13. The third-order valence-corrected chi connectivity index (χ3v) is 5.51. The summed E-state index contributed by atoms with van der Waals surface area (Å²) in [6.45, 7) is 5.11. The van der Waals surface area contributed by atoms with Crippen LogP contribution in [0.2, 0.25) is 0 Å². The lowest BCUT2D eigenvalue weighted by Crippen LogP contribution is -2.23. The number of nitrogens with zero attached hydrogens (tertiary/aromatic N) is 3. The number of carbonyl (C=O) groups is 1. The summed E-state index contributed by atoms with van der Waals surface area (Å²) in [5.41, 5.74) is 3.59. The first-order chi connectivity index (χ1) is 11.6. The maximum absolute atomic E-state index is 12.7. The second kappa shape index (κ2) is 5.56. The van der Waals surface area contributed by atoms with E-state index in [4.69, 9.17) is 4.74 Å². The van der Waals surface area contributed by atoms with Crippen LogP contribution in [0.3, 0.4) is 0 Å². The van der Waals surface area contributed by atoms with E-state index in [0.717, 1.165) is 39.9 Å². The Morgan fingerprint density at radius 1 is 1.46 bits per heavy atom. The predicted molar refractivity (Wildman–Crippen MR) is 90.4 cm³/mol. The van der Waals surface area contributed by atoms with Gasteiger partial charge in [-0.05, 0) is 31.0 Å². The van der Waals surface area contributed by atoms with Crippen LogP contribution in [-0.2, 0) is 11.3 Å². The molecule has 0 bridgehead atoms. The average Bonchev–Trinajstić information content (AvgIpc) is 3.22. The van der Waals surface area contributed by atoms with Crippen molar-refractivity contribution in [1.82, 2.24) is 9.55 Å². The quantitative estimate of drug-likeness (QED) is 0.909. The normalized spacial score (nSPS) is 17.8. The second-order valence-corrected chi connectivity index (χ2v) is 7.09. The summed E-state index contributed by atoms with van der Waals surface area (Å²) < 4.78 is 7.52. The molecule has 0 aliphatic carbocycles. The number of amides is 1. The van der Waals surface area contributed by atoms with Crippen molar-refractivity contribution in [2.45, 2.75) is 31.5 Å². The molecule has 0 saturated heterocycles. The first kappa shape index (κ1) is 15.1. The number of hydrogen-bond donors (Lipinski definition) is 1. The minimum absolute atomic E-state index is 0.185. The highest BCUT2D eigenvalue weighted by Gasteiger charge is 2.32. The monoisotopic (exact) mass is 340 g/mol. The minimum Gasteiger partial charge on any atom is -0.492 e. The third kappa shape index (κ3) is 2.26. The van der Waals surface area contributed by atoms with Gasteiger partial charge >= 0.3 is 0 Å². The van der Waals surface area contributed by atoms with Gasteiger partial charge in [0.05, 0.1) is 0 Å². The molecule has 1 aromatic heterocycles. The molecule has 1 aromatic carbocycles. The Labute approximate surface area is 143 Å². The lowest BCUT2D eigenvalue weighted by molar-refractivity contribution is -0.117. The Morgan fingerprint density at radius 2 is 2.25 bits per heavy atom. The number of carbonyl (C=O) groups excluding carboxylic acids is 1. The zero-order chi connectivity index (χ0) is 16.8. The van der Waals surface area contributed by atoms with Crippen molar-refractivity contribution in [2.24, 2.45) is 0 Å². The van der Waals surface area contributed by atoms with Crippen LogP contribution in [0, 0.1) is 25.2 Å². The van der Waals surface area contributed by atoms with E-state index in [0.29, 0.717) is 18.1 Å². The molecule has 1 N–H and O–H groups in total. The average molecular weight is 340 g/mol. The standard InChI is InChI=1S/C17H16N4O2S/c1-9-5-11-12(8-23-14(11)6-10(9)2)16(22)19-15-13(7-18)21-3-4-24-17(21)20-15/h5-6,12H,3-4,8H2,1-2H3,(H,19,22). The number of imidazole rings is 1. The maximum Gasteiger partial charge on any atom is 0.236 e. The van der Waals surface area contributed by atoms with E-state index in [1.54, 1.807) is 11.8 Å². The summed E-state index contributed by atoms with van der Waals surface area (Å²) in [4.78, 5) is 17.1. The van der Waals surface area contributed by atoms with E-state index in [2.05, 4.69) is 16.4 Å². The molecule has 0 radical (unpaired) electrons. The summed E-state index contributed by atoms with van der Waals surface area (Å²) in [5.74, 6) is 1.46. The fourth-order valence-electron chi connectivity index (χ4n) is 3.07. The van der Waals surface area contributed by atoms with Gasteiger partial charge in [-0.3, -0.25) is 4.79 Å². The van der Waals surface area contributed by atoms with Crippen molar-refractivity contribution in [3.63, 3.8) is 0 Å². The number of nitriles is 1. The van der Waals surface area contributed by atoms with Gasteiger partial charge in [-0.15, -0.1) is 0 Å². The van der Waals surface area contributed by atoms with Gasteiger partial charge in [0.25, 0.3) is 0 Å². The SMILES string of the molecule is Cc1cc2c(cc1C)C(C(=O)Nc1nc3n(c1C#N)CCS3)CO2. The van der Waals surface area contributed by atoms with E-state index in [1.165, 1.54) is 0 Å². The Kier molecular flexibility index (Phi) is 3.50. The smallest absolute Gasteiger partial charge is 0.236 e. The molecule has 6 nitrogen and oxygen atoms in total. The van der Waals surface area contributed by atoms with Crippen LogP contribution >= 0.6 is 11.8 Å². The Bertz CT molecular complexity index is 897. The number of benzene rings is 1. The molecule has 2 aliphatic heterocycles. The minimum atomic E-state index is -0.380. The molecule has 2 aliphatic rings. The lowest BCUT2D eigenvalue weighted by Gasteiger charge is -2.10. The van der Waals surface area contributed by atoms with Gasteiger partial charge in [-0.2, -0.15) is 5.26 Å². The first-order valence-electron chi connectivity index (χ1n) is 7.76. The highest BCUT2D eigenvalue weighted by Crippen LogP contribution is 2.37. The van der Waals surface area contributed by atoms with Crippen LogP contribution in [0.15, 0.2) is 17.3 Å². The van der Waals surface area contributed by atoms with Crippen LogP contribution in [0.1, 0.15) is 28.3 Å². The predicted octanol–water partition coefficient (Wildman–Crippen LogP) is 2.59. The third-order valence-electron chi connectivity index (χ3n) is 4.55. The molecule has 0 saturated carbocycles. The van der Waals surface area contributed by atoms with E-state index >= 15 is 0 Å². The molecule has 0 fully saturated rings. The summed E-state index contributed by atoms with van der Waals surface area (Å²) >= 11 is 1.59. The molecule has 1 amide bonds. The zero-order valence-corrected chi connectivity index (χ0v) is 14.2. The van der Waals surface area contributed by atoms with Crippen molar-refractivity contribution in [1.29, 1.82) is 5.26 Å². The Balaban J connectivity index is 1.62. The van der Waals surface area contributed by atoms with Crippen molar-refractivity contribution >= 4 is 23.5 Å². The number of ether oxygens (including phenoxy) is 1. The van der Waals surface area contributed by atoms with E-state index < -0.39 is 0 Å². The summed E-state index contributed by atoms with van der Waals surface area (Å²) in [5, 5.41) is 13.0. The van der Waals surface area contributed by atoms with E-state index in [1.807, 2.05) is 30.5 Å². The Hall–Kier alpha value is -2.46. The molecule has 24 heavy (non-hydrogen) atoms. The highest BCUT2D eigenvalue weighted by atomic mass is 32.2. The fourth-order valence-corrected chi connectivity index (χ4v) is 4.02. The molecule has 3 heterocycles. The Morgan fingerprint density at radius 3 is 3.04 bits per heavy atom. The van der Waals surface area contributed by atoms with E-state index in [9.17, 15) is 10.1 Å². The van der Waals surface area contributed by atoms with Gasteiger partial charge in [0.1, 0.15) is 24.3 Å². The molecular weight excluding hydrogens is 324 g/mol.